The summed E-state index contributed by atoms with van der Waals surface area (Å²) in [6, 6.07) is 0. The Morgan fingerprint density at radius 3 is 2.38 bits per heavy atom. The molecule has 1 amide bonds. The van der Waals surface area contributed by atoms with Gasteiger partial charge in [0.25, 0.3) is 0 Å². The second kappa shape index (κ2) is 7.86. The van der Waals surface area contributed by atoms with E-state index in [1.807, 2.05) is 0 Å². The minimum Gasteiger partial charge on any atom is -0.450 e. The van der Waals surface area contributed by atoms with Crippen LogP contribution in [0.25, 0.3) is 0 Å². The van der Waals surface area contributed by atoms with Gasteiger partial charge < -0.3 is 15.0 Å². The van der Waals surface area contributed by atoms with Crippen LogP contribution < -0.4 is 5.32 Å². The number of carbonyl (C=O) groups excluding carboxylic acids is 1. The number of likely N-dealkylation sites (N-methyl/N-ethyl adjacent to an activating group) is 1. The lowest BCUT2D eigenvalue weighted by atomic mass is 10.5. The number of alkyl carbamates (subject to hydrolysis) is 1. The molecule has 0 aromatic rings. The smallest absolute Gasteiger partial charge is 0.407 e. The summed E-state index contributed by atoms with van der Waals surface area (Å²) in [5.41, 5.74) is 0. The van der Waals surface area contributed by atoms with Crippen LogP contribution >= 0.6 is 0 Å². The number of carbonyl (C=O) groups is 1. The highest BCUT2D eigenvalue weighted by atomic mass is 16.5. The van der Waals surface area contributed by atoms with E-state index in [-0.39, 0.29) is 6.09 Å². The molecular formula is C9H20N2O2. The maximum absolute atomic E-state index is 10.8. The van der Waals surface area contributed by atoms with Gasteiger partial charge in [-0.1, -0.05) is 13.8 Å². The summed E-state index contributed by atoms with van der Waals surface area (Å²) in [7, 11) is 0. The number of nitrogens with zero attached hydrogens (tertiary/aromatic N) is 1. The minimum atomic E-state index is -0.324. The molecule has 0 aliphatic carbocycles. The summed E-state index contributed by atoms with van der Waals surface area (Å²) in [5, 5.41) is 2.68. The maximum atomic E-state index is 10.8. The Kier molecular flexibility index (Phi) is 7.39. The fourth-order valence-electron chi connectivity index (χ4n) is 1.04. The average Bonchev–Trinajstić information content (AvgIpc) is 2.13. The molecule has 1 N–H and O–H groups in total. The molecule has 4 nitrogen and oxygen atoms in total. The third-order valence-corrected chi connectivity index (χ3v) is 1.87. The summed E-state index contributed by atoms with van der Waals surface area (Å²) >= 11 is 0. The van der Waals surface area contributed by atoms with Crippen molar-refractivity contribution in [3.8, 4) is 0 Å². The van der Waals surface area contributed by atoms with Gasteiger partial charge in [0.15, 0.2) is 0 Å². The first kappa shape index (κ1) is 12.2. The molecule has 13 heavy (non-hydrogen) atoms. The van der Waals surface area contributed by atoms with E-state index in [1.54, 1.807) is 6.92 Å². The SMILES string of the molecule is CCOC(=O)NCCN(CC)CC. The Balaban J connectivity index is 3.37. The Bertz CT molecular complexity index is 136. The molecule has 0 aliphatic heterocycles. The molecule has 0 atom stereocenters. The molecule has 0 heterocycles. The van der Waals surface area contributed by atoms with E-state index in [0.717, 1.165) is 19.6 Å². The molecule has 0 bridgehead atoms. The third-order valence-electron chi connectivity index (χ3n) is 1.87. The monoisotopic (exact) mass is 188 g/mol. The van der Waals surface area contributed by atoms with Crippen LogP contribution in [0.3, 0.4) is 0 Å². The Labute approximate surface area is 80.2 Å². The van der Waals surface area contributed by atoms with Crippen LogP contribution in [0.15, 0.2) is 0 Å². The molecule has 0 aromatic heterocycles. The summed E-state index contributed by atoms with van der Waals surface area (Å²) in [4.78, 5) is 13.1. The number of hydrogen-bond donors (Lipinski definition) is 1. The summed E-state index contributed by atoms with van der Waals surface area (Å²) in [5.74, 6) is 0. The number of hydrogen-bond acceptors (Lipinski definition) is 3. The lowest BCUT2D eigenvalue weighted by Gasteiger charge is -2.17. The normalized spacial score (nSPS) is 10.2. The third kappa shape index (κ3) is 6.40. The van der Waals surface area contributed by atoms with E-state index in [9.17, 15) is 4.79 Å². The Hall–Kier alpha value is -0.770. The molecule has 0 aromatic carbocycles. The zero-order valence-electron chi connectivity index (χ0n) is 8.80. The van der Waals surface area contributed by atoms with Crippen LogP contribution in [0, 0.1) is 0 Å². The predicted molar refractivity (Wildman–Crippen MR) is 52.8 cm³/mol. The molecule has 0 fully saturated rings. The van der Waals surface area contributed by atoms with Crippen molar-refractivity contribution in [2.24, 2.45) is 0 Å². The molecule has 78 valence electrons. The van der Waals surface area contributed by atoms with E-state index < -0.39 is 0 Å². The van der Waals surface area contributed by atoms with Crippen LogP contribution in [-0.4, -0.2) is 43.8 Å². The first-order valence-corrected chi connectivity index (χ1v) is 4.87. The minimum absolute atomic E-state index is 0.324. The first-order valence-electron chi connectivity index (χ1n) is 4.87. The van der Waals surface area contributed by atoms with Crippen LogP contribution in [-0.2, 0) is 4.74 Å². The quantitative estimate of drug-likeness (QED) is 0.678. The van der Waals surface area contributed by atoms with Gasteiger partial charge in [0.2, 0.25) is 0 Å². The number of ether oxygens (including phenoxy) is 1. The van der Waals surface area contributed by atoms with Crippen molar-refractivity contribution >= 4 is 6.09 Å². The lowest BCUT2D eigenvalue weighted by molar-refractivity contribution is 0.150. The molecule has 0 saturated heterocycles. The van der Waals surface area contributed by atoms with E-state index in [1.165, 1.54) is 0 Å². The molecule has 0 aliphatic rings. The summed E-state index contributed by atoms with van der Waals surface area (Å²) < 4.78 is 4.72. The zero-order valence-corrected chi connectivity index (χ0v) is 8.80. The Morgan fingerprint density at radius 1 is 1.31 bits per heavy atom. The molecule has 0 spiro atoms. The molecule has 4 heteroatoms. The van der Waals surface area contributed by atoms with Crippen molar-refractivity contribution in [1.29, 1.82) is 0 Å². The summed E-state index contributed by atoms with van der Waals surface area (Å²) in [6.07, 6.45) is -0.324. The highest BCUT2D eigenvalue weighted by molar-refractivity contribution is 5.66. The molecular weight excluding hydrogens is 168 g/mol. The van der Waals surface area contributed by atoms with Gasteiger partial charge in [0.1, 0.15) is 0 Å². The van der Waals surface area contributed by atoms with Gasteiger partial charge in [-0.25, -0.2) is 4.79 Å². The van der Waals surface area contributed by atoms with Gasteiger partial charge >= 0.3 is 6.09 Å². The largest absolute Gasteiger partial charge is 0.450 e. The molecule has 0 unspecified atom stereocenters. The van der Waals surface area contributed by atoms with Gasteiger partial charge in [0.05, 0.1) is 6.61 Å². The van der Waals surface area contributed by atoms with E-state index in [4.69, 9.17) is 4.74 Å². The van der Waals surface area contributed by atoms with E-state index >= 15 is 0 Å². The number of nitrogens with one attached hydrogen (secondary N) is 1. The van der Waals surface area contributed by atoms with Crippen LogP contribution in [0.1, 0.15) is 20.8 Å². The van der Waals surface area contributed by atoms with Gasteiger partial charge in [-0.05, 0) is 20.0 Å². The fourth-order valence-corrected chi connectivity index (χ4v) is 1.04. The average molecular weight is 188 g/mol. The van der Waals surface area contributed by atoms with Crippen molar-refractivity contribution in [2.75, 3.05) is 32.8 Å². The van der Waals surface area contributed by atoms with Gasteiger partial charge in [0, 0.05) is 13.1 Å². The topological polar surface area (TPSA) is 41.6 Å². The van der Waals surface area contributed by atoms with Gasteiger partial charge in [-0.15, -0.1) is 0 Å². The van der Waals surface area contributed by atoms with Crippen molar-refractivity contribution in [3.05, 3.63) is 0 Å². The van der Waals surface area contributed by atoms with Crippen molar-refractivity contribution in [2.45, 2.75) is 20.8 Å². The van der Waals surface area contributed by atoms with Gasteiger partial charge in [-0.2, -0.15) is 0 Å². The highest BCUT2D eigenvalue weighted by Crippen LogP contribution is 1.84. The van der Waals surface area contributed by atoms with Crippen LogP contribution in [0.4, 0.5) is 4.79 Å². The van der Waals surface area contributed by atoms with Crippen molar-refractivity contribution < 1.29 is 9.53 Å². The summed E-state index contributed by atoms with van der Waals surface area (Å²) in [6.45, 7) is 10.00. The van der Waals surface area contributed by atoms with Crippen LogP contribution in [0.2, 0.25) is 0 Å². The maximum Gasteiger partial charge on any atom is 0.407 e. The van der Waals surface area contributed by atoms with Gasteiger partial charge in [-0.3, -0.25) is 0 Å². The lowest BCUT2D eigenvalue weighted by Crippen LogP contribution is -2.35. The predicted octanol–water partition coefficient (Wildman–Crippen LogP) is 1.07. The van der Waals surface area contributed by atoms with Crippen molar-refractivity contribution in [1.82, 2.24) is 10.2 Å². The van der Waals surface area contributed by atoms with E-state index in [0.29, 0.717) is 13.2 Å². The molecule has 0 saturated carbocycles. The zero-order chi connectivity index (χ0) is 10.1. The number of rotatable bonds is 6. The van der Waals surface area contributed by atoms with Crippen LogP contribution in [0.5, 0.6) is 0 Å². The van der Waals surface area contributed by atoms with Crippen molar-refractivity contribution in [3.63, 3.8) is 0 Å². The second-order valence-corrected chi connectivity index (χ2v) is 2.67. The molecule has 0 radical (unpaired) electrons. The standard InChI is InChI=1S/C9H20N2O2/c1-4-11(5-2)8-7-10-9(12)13-6-3/h4-8H2,1-3H3,(H,10,12). The molecule has 0 rings (SSSR count). The Morgan fingerprint density at radius 2 is 1.92 bits per heavy atom. The number of amides is 1. The van der Waals surface area contributed by atoms with E-state index in [2.05, 4.69) is 24.1 Å². The fraction of sp³-hybridized carbons (Fsp3) is 0.889. The highest BCUT2D eigenvalue weighted by Gasteiger charge is 2.01. The second-order valence-electron chi connectivity index (χ2n) is 2.67. The first-order chi connectivity index (χ1) is 6.24.